The SMILES string of the molecule is Cc1nn(C)c(N2CCCC2C)c1CBr. The summed E-state index contributed by atoms with van der Waals surface area (Å²) in [4.78, 5) is 2.48. The standard InChI is InChI=1S/C11H18BrN3/c1-8-5-4-6-15(8)11-10(7-12)9(2)13-14(11)3/h8H,4-7H2,1-3H3. The van der Waals surface area contributed by atoms with Crippen molar-refractivity contribution in [2.45, 2.75) is 38.1 Å². The number of alkyl halides is 1. The largest absolute Gasteiger partial charge is 0.354 e. The Kier molecular flexibility index (Phi) is 3.05. The Bertz CT molecular complexity index is 359. The van der Waals surface area contributed by atoms with Gasteiger partial charge in [0.05, 0.1) is 5.69 Å². The van der Waals surface area contributed by atoms with Crippen LogP contribution in [0.25, 0.3) is 0 Å². The van der Waals surface area contributed by atoms with Gasteiger partial charge in [-0.3, -0.25) is 4.68 Å². The van der Waals surface area contributed by atoms with E-state index >= 15 is 0 Å². The molecule has 1 saturated heterocycles. The molecule has 2 rings (SSSR count). The molecule has 0 N–H and O–H groups in total. The summed E-state index contributed by atoms with van der Waals surface area (Å²) in [5, 5.41) is 5.40. The molecule has 0 radical (unpaired) electrons. The maximum absolute atomic E-state index is 4.51. The van der Waals surface area contributed by atoms with Gasteiger partial charge >= 0.3 is 0 Å². The van der Waals surface area contributed by atoms with Gasteiger partial charge in [-0.1, -0.05) is 15.9 Å². The number of rotatable bonds is 2. The van der Waals surface area contributed by atoms with Crippen molar-refractivity contribution in [3.05, 3.63) is 11.3 Å². The number of hydrogen-bond acceptors (Lipinski definition) is 2. The fourth-order valence-corrected chi connectivity index (χ4v) is 3.11. The van der Waals surface area contributed by atoms with Crippen molar-refractivity contribution >= 4 is 21.7 Å². The molecule has 1 aromatic rings. The Labute approximate surface area is 99.6 Å². The molecule has 3 nitrogen and oxygen atoms in total. The average molecular weight is 272 g/mol. The average Bonchev–Trinajstić information content (AvgIpc) is 2.70. The molecule has 1 atom stereocenters. The van der Waals surface area contributed by atoms with Crippen LogP contribution in [0.4, 0.5) is 5.82 Å². The van der Waals surface area contributed by atoms with Gasteiger partial charge in [-0.05, 0) is 26.7 Å². The van der Waals surface area contributed by atoms with Crippen molar-refractivity contribution in [1.29, 1.82) is 0 Å². The van der Waals surface area contributed by atoms with Gasteiger partial charge in [0.1, 0.15) is 5.82 Å². The molecule has 0 bridgehead atoms. The minimum Gasteiger partial charge on any atom is -0.354 e. The maximum atomic E-state index is 4.51. The molecule has 1 aliphatic rings. The van der Waals surface area contributed by atoms with E-state index in [-0.39, 0.29) is 0 Å². The Hall–Kier alpha value is -0.510. The summed E-state index contributed by atoms with van der Waals surface area (Å²) in [5.41, 5.74) is 2.48. The van der Waals surface area contributed by atoms with Gasteiger partial charge in [0, 0.05) is 30.5 Å². The lowest BCUT2D eigenvalue weighted by Gasteiger charge is -2.24. The van der Waals surface area contributed by atoms with Crippen LogP contribution in [0.3, 0.4) is 0 Å². The minimum atomic E-state index is 0.651. The molecule has 0 aliphatic carbocycles. The molecule has 0 saturated carbocycles. The third-order valence-corrected chi connectivity index (χ3v) is 3.83. The van der Waals surface area contributed by atoms with Crippen molar-refractivity contribution in [2.24, 2.45) is 7.05 Å². The molecule has 1 fully saturated rings. The molecule has 15 heavy (non-hydrogen) atoms. The highest BCUT2D eigenvalue weighted by atomic mass is 79.9. The predicted molar refractivity (Wildman–Crippen MR) is 66.6 cm³/mol. The first-order valence-electron chi connectivity index (χ1n) is 5.50. The van der Waals surface area contributed by atoms with Crippen LogP contribution in [-0.4, -0.2) is 22.4 Å². The van der Waals surface area contributed by atoms with E-state index in [1.165, 1.54) is 30.8 Å². The fourth-order valence-electron chi connectivity index (χ4n) is 2.45. The molecule has 84 valence electrons. The van der Waals surface area contributed by atoms with E-state index in [1.54, 1.807) is 0 Å². The maximum Gasteiger partial charge on any atom is 0.131 e. The van der Waals surface area contributed by atoms with Crippen LogP contribution in [0.15, 0.2) is 0 Å². The smallest absolute Gasteiger partial charge is 0.131 e. The number of hydrogen-bond donors (Lipinski definition) is 0. The number of nitrogens with zero attached hydrogens (tertiary/aromatic N) is 3. The number of halogens is 1. The summed E-state index contributed by atoms with van der Waals surface area (Å²) in [5.74, 6) is 1.30. The molecule has 0 aromatic carbocycles. The molecule has 1 unspecified atom stereocenters. The van der Waals surface area contributed by atoms with Crippen molar-refractivity contribution < 1.29 is 0 Å². The van der Waals surface area contributed by atoms with Gasteiger partial charge in [0.25, 0.3) is 0 Å². The van der Waals surface area contributed by atoms with Crippen LogP contribution in [-0.2, 0) is 12.4 Å². The second-order valence-electron chi connectivity index (χ2n) is 4.33. The Morgan fingerprint density at radius 3 is 2.80 bits per heavy atom. The summed E-state index contributed by atoms with van der Waals surface area (Å²) >= 11 is 3.56. The van der Waals surface area contributed by atoms with Gasteiger partial charge in [0.15, 0.2) is 0 Å². The van der Waals surface area contributed by atoms with Crippen LogP contribution in [0.5, 0.6) is 0 Å². The van der Waals surface area contributed by atoms with Crippen molar-refractivity contribution in [2.75, 3.05) is 11.4 Å². The summed E-state index contributed by atoms with van der Waals surface area (Å²) in [6.45, 7) is 5.55. The van der Waals surface area contributed by atoms with Gasteiger partial charge in [0.2, 0.25) is 0 Å². The molecule has 2 heterocycles. The molecular formula is C11H18BrN3. The van der Waals surface area contributed by atoms with Crippen molar-refractivity contribution in [3.63, 3.8) is 0 Å². The first kappa shape index (κ1) is 11.0. The second-order valence-corrected chi connectivity index (χ2v) is 4.89. The first-order valence-corrected chi connectivity index (χ1v) is 6.62. The monoisotopic (exact) mass is 271 g/mol. The Balaban J connectivity index is 2.41. The summed E-state index contributed by atoms with van der Waals surface area (Å²) in [7, 11) is 2.04. The lowest BCUT2D eigenvalue weighted by atomic mass is 10.2. The lowest BCUT2D eigenvalue weighted by molar-refractivity contribution is 0.677. The normalized spacial score (nSPS) is 21.3. The minimum absolute atomic E-state index is 0.651. The van der Waals surface area contributed by atoms with E-state index in [2.05, 4.69) is 39.8 Å². The first-order chi connectivity index (χ1) is 7.15. The zero-order valence-corrected chi connectivity index (χ0v) is 11.2. The zero-order chi connectivity index (χ0) is 11.0. The molecule has 1 aliphatic heterocycles. The highest BCUT2D eigenvalue weighted by molar-refractivity contribution is 9.08. The number of anilines is 1. The second kappa shape index (κ2) is 4.16. The van der Waals surface area contributed by atoms with Crippen LogP contribution >= 0.6 is 15.9 Å². The molecule has 0 spiro atoms. The van der Waals surface area contributed by atoms with Crippen molar-refractivity contribution in [1.82, 2.24) is 9.78 Å². The van der Waals surface area contributed by atoms with E-state index in [4.69, 9.17) is 0 Å². The molecular weight excluding hydrogens is 254 g/mol. The van der Waals surface area contributed by atoms with E-state index < -0.39 is 0 Å². The summed E-state index contributed by atoms with van der Waals surface area (Å²) < 4.78 is 2.02. The predicted octanol–water partition coefficient (Wildman–Crippen LogP) is 2.61. The topological polar surface area (TPSA) is 21.1 Å². The van der Waals surface area contributed by atoms with Crippen LogP contribution in [0, 0.1) is 6.92 Å². The summed E-state index contributed by atoms with van der Waals surface area (Å²) in [6, 6.07) is 0.651. The quantitative estimate of drug-likeness (QED) is 0.772. The van der Waals surface area contributed by atoms with E-state index in [0.717, 1.165) is 11.0 Å². The Morgan fingerprint density at radius 2 is 2.27 bits per heavy atom. The van der Waals surface area contributed by atoms with Crippen molar-refractivity contribution in [3.8, 4) is 0 Å². The number of aromatic nitrogens is 2. The third kappa shape index (κ3) is 1.80. The zero-order valence-electron chi connectivity index (χ0n) is 9.63. The molecule has 4 heteroatoms. The van der Waals surface area contributed by atoms with Crippen LogP contribution < -0.4 is 4.90 Å². The van der Waals surface area contributed by atoms with Gasteiger partial charge in [-0.25, -0.2) is 0 Å². The lowest BCUT2D eigenvalue weighted by Crippen LogP contribution is -2.29. The third-order valence-electron chi connectivity index (χ3n) is 3.27. The molecule has 0 amide bonds. The summed E-state index contributed by atoms with van der Waals surface area (Å²) in [6.07, 6.45) is 2.60. The van der Waals surface area contributed by atoms with Gasteiger partial charge in [-0.2, -0.15) is 5.10 Å². The van der Waals surface area contributed by atoms with Crippen LogP contribution in [0.1, 0.15) is 31.0 Å². The van der Waals surface area contributed by atoms with E-state index in [1.807, 2.05) is 11.7 Å². The van der Waals surface area contributed by atoms with Gasteiger partial charge in [-0.15, -0.1) is 0 Å². The molecule has 1 aromatic heterocycles. The van der Waals surface area contributed by atoms with Gasteiger partial charge < -0.3 is 4.90 Å². The van der Waals surface area contributed by atoms with Crippen LogP contribution in [0.2, 0.25) is 0 Å². The highest BCUT2D eigenvalue weighted by Crippen LogP contribution is 2.31. The fraction of sp³-hybridized carbons (Fsp3) is 0.727. The Morgan fingerprint density at radius 1 is 1.53 bits per heavy atom. The highest BCUT2D eigenvalue weighted by Gasteiger charge is 2.26. The number of aryl methyl sites for hydroxylation is 2. The van der Waals surface area contributed by atoms with E-state index in [0.29, 0.717) is 6.04 Å². The van der Waals surface area contributed by atoms with E-state index in [9.17, 15) is 0 Å².